The third-order valence-electron chi connectivity index (χ3n) is 1.48. The van der Waals surface area contributed by atoms with Gasteiger partial charge < -0.3 is 0 Å². The van der Waals surface area contributed by atoms with Crippen LogP contribution in [-0.4, -0.2) is 26.5 Å². The average Bonchev–Trinajstić information content (AvgIpc) is 2.00. The molecule has 1 N–H and O–H groups in total. The lowest BCUT2D eigenvalue weighted by Crippen LogP contribution is -2.15. The maximum atomic E-state index is 12.5. The first kappa shape index (κ1) is 12.1. The molecule has 0 saturated carbocycles. The van der Waals surface area contributed by atoms with Crippen LogP contribution in [0.3, 0.4) is 0 Å². The van der Waals surface area contributed by atoms with Crippen molar-refractivity contribution in [1.29, 1.82) is 0 Å². The average molecular weight is 254 g/mol. The van der Waals surface area contributed by atoms with Crippen LogP contribution in [0.5, 0.6) is 0 Å². The fourth-order valence-corrected chi connectivity index (χ4v) is 3.57. The molecule has 0 unspecified atom stereocenters. The van der Waals surface area contributed by atoms with Crippen molar-refractivity contribution in [3.8, 4) is 0 Å². The maximum Gasteiger partial charge on any atom is 0.279 e. The van der Waals surface area contributed by atoms with Gasteiger partial charge in [-0.15, -0.1) is 0 Å². The van der Waals surface area contributed by atoms with Gasteiger partial charge in [-0.25, -0.2) is 12.8 Å². The van der Waals surface area contributed by atoms with Gasteiger partial charge in [-0.05, 0) is 24.3 Å². The number of halogens is 1. The number of rotatable bonds is 3. The third-order valence-corrected chi connectivity index (χ3v) is 4.90. The second-order valence-corrected chi connectivity index (χ2v) is 6.58. The van der Waals surface area contributed by atoms with Gasteiger partial charge in [0.2, 0.25) is 0 Å². The lowest BCUT2D eigenvalue weighted by molar-refractivity contribution is 0.487. The van der Waals surface area contributed by atoms with E-state index in [2.05, 4.69) is 0 Å². The molecule has 1 aromatic carbocycles. The molecule has 1 rings (SSSR count). The molecule has 0 atom stereocenters. The van der Waals surface area contributed by atoms with Crippen molar-refractivity contribution in [2.75, 3.05) is 5.08 Å². The second-order valence-electron chi connectivity index (χ2n) is 2.77. The molecule has 0 bridgehead atoms. The summed E-state index contributed by atoms with van der Waals surface area (Å²) in [4.78, 5) is -0.360. The molecule has 0 aliphatic rings. The molecular weight excluding hydrogens is 247 g/mol. The zero-order valence-electron chi connectivity index (χ0n) is 7.29. The molecule has 0 aliphatic carbocycles. The van der Waals surface area contributed by atoms with Crippen molar-refractivity contribution in [1.82, 2.24) is 0 Å². The first-order valence-corrected chi connectivity index (χ1v) is 6.90. The summed E-state index contributed by atoms with van der Waals surface area (Å²) in [6.45, 7) is 0. The second kappa shape index (κ2) is 3.87. The zero-order chi connectivity index (χ0) is 11.7. The SMILES string of the molecule is O=S(=O)(O)CS(=O)(=O)c1ccc(F)cc1. The molecule has 0 fully saturated rings. The van der Waals surface area contributed by atoms with Crippen molar-refractivity contribution >= 4 is 20.0 Å². The van der Waals surface area contributed by atoms with Crippen LogP contribution < -0.4 is 0 Å². The molecule has 0 heterocycles. The third kappa shape index (κ3) is 3.57. The van der Waals surface area contributed by atoms with Gasteiger partial charge in [0.1, 0.15) is 5.82 Å². The monoisotopic (exact) mass is 254 g/mol. The Bertz CT molecular complexity index is 544. The van der Waals surface area contributed by atoms with Crippen LogP contribution in [-0.2, 0) is 20.0 Å². The van der Waals surface area contributed by atoms with E-state index in [1.54, 1.807) is 0 Å². The maximum absolute atomic E-state index is 12.5. The standard InChI is InChI=1S/C7H7FO5S2/c8-6-1-3-7(4-2-6)14(9,10)5-15(11,12)13/h1-4H,5H2,(H,11,12,13). The van der Waals surface area contributed by atoms with Crippen LogP contribution in [0.15, 0.2) is 29.2 Å². The molecule has 8 heteroatoms. The van der Waals surface area contributed by atoms with E-state index in [0.29, 0.717) is 0 Å². The predicted octanol–water partition coefficient (Wildman–Crippen LogP) is 0.445. The Morgan fingerprint density at radius 3 is 1.93 bits per heavy atom. The summed E-state index contributed by atoms with van der Waals surface area (Å²) in [5, 5.41) is -1.41. The highest BCUT2D eigenvalue weighted by Gasteiger charge is 2.22. The highest BCUT2D eigenvalue weighted by molar-refractivity contribution is 8.05. The Balaban J connectivity index is 3.13. The number of benzene rings is 1. The Morgan fingerprint density at radius 2 is 1.53 bits per heavy atom. The van der Waals surface area contributed by atoms with Gasteiger partial charge in [0, 0.05) is 0 Å². The Hall–Kier alpha value is -0.990. The van der Waals surface area contributed by atoms with E-state index >= 15 is 0 Å². The van der Waals surface area contributed by atoms with E-state index in [0.717, 1.165) is 24.3 Å². The van der Waals surface area contributed by atoms with Gasteiger partial charge in [-0.2, -0.15) is 8.42 Å². The fourth-order valence-electron chi connectivity index (χ4n) is 0.906. The first-order chi connectivity index (χ1) is 6.71. The van der Waals surface area contributed by atoms with Crippen LogP contribution in [0, 0.1) is 5.82 Å². The smallest absolute Gasteiger partial charge is 0.279 e. The molecule has 0 saturated heterocycles. The van der Waals surface area contributed by atoms with E-state index in [1.807, 2.05) is 0 Å². The van der Waals surface area contributed by atoms with Crippen LogP contribution in [0.1, 0.15) is 0 Å². The van der Waals surface area contributed by atoms with Gasteiger partial charge in [0.05, 0.1) is 4.90 Å². The Kier molecular flexibility index (Phi) is 3.12. The molecule has 0 aromatic heterocycles. The Labute approximate surface area is 86.2 Å². The van der Waals surface area contributed by atoms with Crippen molar-refractivity contribution in [3.05, 3.63) is 30.1 Å². The van der Waals surface area contributed by atoms with E-state index in [4.69, 9.17) is 4.55 Å². The van der Waals surface area contributed by atoms with Crippen molar-refractivity contribution in [3.63, 3.8) is 0 Å². The summed E-state index contributed by atoms with van der Waals surface area (Å²) in [5.74, 6) is -0.638. The molecule has 0 spiro atoms. The highest BCUT2D eigenvalue weighted by atomic mass is 32.3. The summed E-state index contributed by atoms with van der Waals surface area (Å²) in [6, 6.07) is 3.62. The fraction of sp³-hybridized carbons (Fsp3) is 0.143. The van der Waals surface area contributed by atoms with E-state index in [9.17, 15) is 21.2 Å². The zero-order valence-corrected chi connectivity index (χ0v) is 8.92. The van der Waals surface area contributed by atoms with E-state index in [-0.39, 0.29) is 4.90 Å². The molecule has 0 radical (unpaired) electrons. The molecule has 0 aliphatic heterocycles. The number of hydrogen-bond donors (Lipinski definition) is 1. The molecule has 0 amide bonds. The summed E-state index contributed by atoms with van der Waals surface area (Å²) < 4.78 is 64.2. The topological polar surface area (TPSA) is 88.5 Å². The number of hydrogen-bond acceptors (Lipinski definition) is 4. The van der Waals surface area contributed by atoms with Gasteiger partial charge in [0.25, 0.3) is 10.1 Å². The van der Waals surface area contributed by atoms with E-state index in [1.165, 1.54) is 0 Å². The highest BCUT2D eigenvalue weighted by Crippen LogP contribution is 2.13. The van der Waals surface area contributed by atoms with Gasteiger partial charge >= 0.3 is 0 Å². The predicted molar refractivity (Wildman–Crippen MR) is 50.0 cm³/mol. The van der Waals surface area contributed by atoms with Crippen LogP contribution >= 0.6 is 0 Å². The quantitative estimate of drug-likeness (QED) is 0.624. The van der Waals surface area contributed by atoms with Crippen molar-refractivity contribution in [2.45, 2.75) is 4.90 Å². The minimum atomic E-state index is -4.62. The largest absolute Gasteiger partial charge is 0.285 e. The van der Waals surface area contributed by atoms with Gasteiger partial charge in [-0.1, -0.05) is 0 Å². The van der Waals surface area contributed by atoms with Crippen LogP contribution in [0.2, 0.25) is 0 Å². The Morgan fingerprint density at radius 1 is 1.07 bits per heavy atom. The minimum absolute atomic E-state index is 0.360. The molecule has 15 heavy (non-hydrogen) atoms. The summed E-state index contributed by atoms with van der Waals surface area (Å²) >= 11 is 0. The number of sulfone groups is 1. The summed E-state index contributed by atoms with van der Waals surface area (Å²) in [5.41, 5.74) is 0. The van der Waals surface area contributed by atoms with Gasteiger partial charge in [-0.3, -0.25) is 4.55 Å². The lowest BCUT2D eigenvalue weighted by atomic mass is 10.4. The minimum Gasteiger partial charge on any atom is -0.285 e. The summed E-state index contributed by atoms with van der Waals surface area (Å²) in [6.07, 6.45) is 0. The van der Waals surface area contributed by atoms with E-state index < -0.39 is 30.9 Å². The molecule has 5 nitrogen and oxygen atoms in total. The lowest BCUT2D eigenvalue weighted by Gasteiger charge is -2.01. The van der Waals surface area contributed by atoms with Crippen molar-refractivity contribution < 1.29 is 25.8 Å². The summed E-state index contributed by atoms with van der Waals surface area (Å²) in [7, 11) is -8.76. The molecular formula is C7H7FO5S2. The molecule has 84 valence electrons. The first-order valence-electron chi connectivity index (χ1n) is 3.64. The normalized spacial score (nSPS) is 12.7. The van der Waals surface area contributed by atoms with Crippen molar-refractivity contribution in [2.24, 2.45) is 0 Å². The van der Waals surface area contributed by atoms with Crippen LogP contribution in [0.4, 0.5) is 4.39 Å². The van der Waals surface area contributed by atoms with Gasteiger partial charge in [0.15, 0.2) is 14.9 Å². The van der Waals surface area contributed by atoms with Crippen LogP contribution in [0.25, 0.3) is 0 Å². The molecule has 1 aromatic rings.